The van der Waals surface area contributed by atoms with E-state index in [1.165, 1.54) is 38.8 Å². The third-order valence-corrected chi connectivity index (χ3v) is 6.40. The molecule has 3 N–H and O–H groups in total. The van der Waals surface area contributed by atoms with Crippen molar-refractivity contribution in [3.63, 3.8) is 0 Å². The topological polar surface area (TPSA) is 78.7 Å². The van der Waals surface area contributed by atoms with Crippen molar-refractivity contribution in [3.05, 3.63) is 35.4 Å². The zero-order chi connectivity index (χ0) is 20.6. The van der Waals surface area contributed by atoms with Crippen LogP contribution in [0.4, 0.5) is 0 Å². The highest BCUT2D eigenvalue weighted by molar-refractivity contribution is 5.78. The molecular formula is C23H36N4O2. The van der Waals surface area contributed by atoms with Gasteiger partial charge >= 0.3 is 0 Å². The predicted octanol–water partition coefficient (Wildman–Crippen LogP) is 1.57. The Bertz CT molecular complexity index is 660. The number of nitrogens with one attached hydrogen (secondary N) is 1. The number of carbonyl (C=O) groups is 2. The highest BCUT2D eigenvalue weighted by atomic mass is 16.2. The van der Waals surface area contributed by atoms with E-state index in [1.54, 1.807) is 0 Å². The molecule has 0 unspecified atom stereocenters. The van der Waals surface area contributed by atoms with Gasteiger partial charge in [-0.25, -0.2) is 0 Å². The van der Waals surface area contributed by atoms with Gasteiger partial charge in [0.15, 0.2) is 0 Å². The first-order valence-corrected chi connectivity index (χ1v) is 11.1. The Morgan fingerprint density at radius 2 is 1.62 bits per heavy atom. The molecule has 160 valence electrons. The van der Waals surface area contributed by atoms with Crippen LogP contribution in [0.3, 0.4) is 0 Å². The van der Waals surface area contributed by atoms with E-state index < -0.39 is 0 Å². The third kappa shape index (κ3) is 7.12. The van der Waals surface area contributed by atoms with E-state index in [-0.39, 0.29) is 18.2 Å². The zero-order valence-corrected chi connectivity index (χ0v) is 17.7. The number of hydrogen-bond donors (Lipinski definition) is 2. The smallest absolute Gasteiger partial charge is 0.234 e. The third-order valence-electron chi connectivity index (χ3n) is 6.40. The van der Waals surface area contributed by atoms with Gasteiger partial charge in [-0.3, -0.25) is 14.5 Å². The fourth-order valence-electron chi connectivity index (χ4n) is 4.47. The minimum absolute atomic E-state index is 0.112. The Morgan fingerprint density at radius 3 is 2.24 bits per heavy atom. The maximum absolute atomic E-state index is 12.3. The summed E-state index contributed by atoms with van der Waals surface area (Å²) in [5.74, 6) is 0.670. The molecule has 6 heteroatoms. The second-order valence-corrected chi connectivity index (χ2v) is 8.79. The van der Waals surface area contributed by atoms with Gasteiger partial charge in [-0.2, -0.15) is 0 Å². The average molecular weight is 401 g/mol. The van der Waals surface area contributed by atoms with Gasteiger partial charge < -0.3 is 16.0 Å². The first-order valence-electron chi connectivity index (χ1n) is 11.1. The first kappa shape index (κ1) is 21.8. The van der Waals surface area contributed by atoms with E-state index in [2.05, 4.69) is 22.0 Å². The normalized spacial score (nSPS) is 19.9. The fourth-order valence-corrected chi connectivity index (χ4v) is 4.47. The summed E-state index contributed by atoms with van der Waals surface area (Å²) >= 11 is 0. The van der Waals surface area contributed by atoms with E-state index >= 15 is 0 Å². The van der Waals surface area contributed by atoms with Crippen LogP contribution in [-0.2, 0) is 22.4 Å². The molecule has 1 aromatic carbocycles. The maximum atomic E-state index is 12.3. The Balaban J connectivity index is 1.30. The van der Waals surface area contributed by atoms with Crippen LogP contribution in [0.15, 0.2) is 24.3 Å². The molecule has 2 fully saturated rings. The van der Waals surface area contributed by atoms with Gasteiger partial charge in [-0.1, -0.05) is 31.2 Å². The molecule has 2 amide bonds. The molecular weight excluding hydrogens is 364 g/mol. The molecule has 6 nitrogen and oxygen atoms in total. The molecule has 0 radical (unpaired) electrons. The Hall–Kier alpha value is -1.92. The minimum atomic E-state index is -0.320. The van der Waals surface area contributed by atoms with Crippen molar-refractivity contribution in [2.24, 2.45) is 11.7 Å². The zero-order valence-electron chi connectivity index (χ0n) is 17.7. The summed E-state index contributed by atoms with van der Waals surface area (Å²) in [5.41, 5.74) is 7.28. The largest absolute Gasteiger partial charge is 0.369 e. The Kier molecular flexibility index (Phi) is 8.07. The SMILES string of the molecule is CC1CCN(C2CCN(CC(=O)NCCc3ccc(CC(N)=O)cc3)CC2)CC1. The number of nitrogens with two attached hydrogens (primary N) is 1. The molecule has 0 aromatic heterocycles. The lowest BCUT2D eigenvalue weighted by molar-refractivity contribution is -0.122. The number of likely N-dealkylation sites (tertiary alicyclic amines) is 2. The van der Waals surface area contributed by atoms with Crippen molar-refractivity contribution in [1.29, 1.82) is 0 Å². The molecule has 2 aliphatic heterocycles. The van der Waals surface area contributed by atoms with Gasteiger partial charge in [-0.05, 0) is 62.2 Å². The molecule has 0 aliphatic carbocycles. The first-order chi connectivity index (χ1) is 14.0. The van der Waals surface area contributed by atoms with E-state index in [9.17, 15) is 9.59 Å². The summed E-state index contributed by atoms with van der Waals surface area (Å²) in [6.07, 6.45) is 6.08. The Labute approximate surface area is 174 Å². The number of primary amides is 1. The molecule has 0 bridgehead atoms. The van der Waals surface area contributed by atoms with Crippen LogP contribution in [-0.4, -0.2) is 66.9 Å². The van der Waals surface area contributed by atoms with Crippen LogP contribution in [0.1, 0.15) is 43.7 Å². The summed E-state index contributed by atoms with van der Waals surface area (Å²) in [7, 11) is 0. The highest BCUT2D eigenvalue weighted by Crippen LogP contribution is 2.23. The average Bonchev–Trinajstić information content (AvgIpc) is 2.70. The van der Waals surface area contributed by atoms with Crippen molar-refractivity contribution in [1.82, 2.24) is 15.1 Å². The number of rotatable bonds is 8. The minimum Gasteiger partial charge on any atom is -0.369 e. The van der Waals surface area contributed by atoms with Crippen molar-refractivity contribution in [2.45, 2.75) is 51.5 Å². The maximum Gasteiger partial charge on any atom is 0.234 e. The quantitative estimate of drug-likeness (QED) is 0.694. The van der Waals surface area contributed by atoms with Gasteiger partial charge in [0.1, 0.15) is 0 Å². The molecule has 29 heavy (non-hydrogen) atoms. The van der Waals surface area contributed by atoms with Gasteiger partial charge in [0, 0.05) is 25.7 Å². The van der Waals surface area contributed by atoms with Crippen molar-refractivity contribution < 1.29 is 9.59 Å². The van der Waals surface area contributed by atoms with Gasteiger partial charge in [0.25, 0.3) is 0 Å². The van der Waals surface area contributed by atoms with Gasteiger partial charge in [0.05, 0.1) is 13.0 Å². The fraction of sp³-hybridized carbons (Fsp3) is 0.652. The van der Waals surface area contributed by atoms with Crippen molar-refractivity contribution in [2.75, 3.05) is 39.3 Å². The van der Waals surface area contributed by atoms with Crippen LogP contribution in [0.5, 0.6) is 0 Å². The summed E-state index contributed by atoms with van der Waals surface area (Å²) in [4.78, 5) is 28.2. The van der Waals surface area contributed by atoms with E-state index in [1.807, 2.05) is 24.3 Å². The Morgan fingerprint density at radius 1 is 1.00 bits per heavy atom. The van der Waals surface area contributed by atoms with Crippen LogP contribution in [0.2, 0.25) is 0 Å². The highest BCUT2D eigenvalue weighted by Gasteiger charge is 2.27. The molecule has 2 saturated heterocycles. The second-order valence-electron chi connectivity index (χ2n) is 8.79. The second kappa shape index (κ2) is 10.7. The lowest BCUT2D eigenvalue weighted by Crippen LogP contribution is -2.49. The van der Waals surface area contributed by atoms with E-state index in [4.69, 9.17) is 5.73 Å². The lowest BCUT2D eigenvalue weighted by Gasteiger charge is -2.41. The predicted molar refractivity (Wildman–Crippen MR) is 115 cm³/mol. The number of nitrogens with zero attached hydrogens (tertiary/aromatic N) is 2. The van der Waals surface area contributed by atoms with E-state index in [0.29, 0.717) is 19.1 Å². The summed E-state index contributed by atoms with van der Waals surface area (Å²) in [6.45, 7) is 8.03. The van der Waals surface area contributed by atoms with Crippen LogP contribution in [0.25, 0.3) is 0 Å². The number of carbonyl (C=O) groups excluding carboxylic acids is 2. The standard InChI is InChI=1S/C23H36N4O2/c1-18-7-14-27(15-8-18)21-9-12-26(13-10-21)17-23(29)25-11-6-19-2-4-20(5-3-19)16-22(24)28/h2-5,18,21H,6-17H2,1H3,(H2,24,28)(H,25,29). The van der Waals surface area contributed by atoms with E-state index in [0.717, 1.165) is 36.6 Å². The molecule has 0 atom stereocenters. The molecule has 2 aliphatic rings. The summed E-state index contributed by atoms with van der Waals surface area (Å²) < 4.78 is 0. The monoisotopic (exact) mass is 400 g/mol. The van der Waals surface area contributed by atoms with Gasteiger partial charge in [-0.15, -0.1) is 0 Å². The molecule has 0 saturated carbocycles. The molecule has 2 heterocycles. The van der Waals surface area contributed by atoms with Crippen molar-refractivity contribution >= 4 is 11.8 Å². The number of hydrogen-bond acceptors (Lipinski definition) is 4. The number of piperidine rings is 2. The van der Waals surface area contributed by atoms with Crippen LogP contribution in [0, 0.1) is 5.92 Å². The summed E-state index contributed by atoms with van der Waals surface area (Å²) in [5, 5.41) is 3.04. The lowest BCUT2D eigenvalue weighted by atomic mass is 9.95. The van der Waals surface area contributed by atoms with Crippen LogP contribution >= 0.6 is 0 Å². The summed E-state index contributed by atoms with van der Waals surface area (Å²) in [6, 6.07) is 8.55. The number of amides is 2. The van der Waals surface area contributed by atoms with Crippen molar-refractivity contribution in [3.8, 4) is 0 Å². The molecule has 0 spiro atoms. The van der Waals surface area contributed by atoms with Crippen LogP contribution < -0.4 is 11.1 Å². The number of benzene rings is 1. The molecule has 3 rings (SSSR count). The van der Waals surface area contributed by atoms with Gasteiger partial charge in [0.2, 0.25) is 11.8 Å². The molecule has 1 aromatic rings.